The van der Waals surface area contributed by atoms with E-state index in [0.717, 1.165) is 77.0 Å². The van der Waals surface area contributed by atoms with Crippen molar-refractivity contribution >= 4 is 11.9 Å². The van der Waals surface area contributed by atoms with Crippen molar-refractivity contribution in [3.8, 4) is 0 Å². The van der Waals surface area contributed by atoms with Gasteiger partial charge in [0.1, 0.15) is 6.10 Å². The molecule has 0 saturated heterocycles. The molecule has 0 aliphatic heterocycles. The van der Waals surface area contributed by atoms with Crippen molar-refractivity contribution in [1.82, 2.24) is 5.32 Å². The molecule has 0 aromatic rings. The van der Waals surface area contributed by atoms with E-state index in [-0.39, 0.29) is 24.9 Å². The summed E-state index contributed by atoms with van der Waals surface area (Å²) in [5, 5.41) is 23.7. The predicted octanol–water partition coefficient (Wildman–Crippen LogP) is 15.4. The van der Waals surface area contributed by atoms with Crippen LogP contribution in [-0.4, -0.2) is 46.9 Å². The van der Waals surface area contributed by atoms with Gasteiger partial charge in [-0.25, -0.2) is 0 Å². The third-order valence-electron chi connectivity index (χ3n) is 11.3. The second-order valence-corrected chi connectivity index (χ2v) is 17.2. The second-order valence-electron chi connectivity index (χ2n) is 17.2. The zero-order valence-corrected chi connectivity index (χ0v) is 40.0. The second kappa shape index (κ2) is 48.3. The van der Waals surface area contributed by atoms with Crippen LogP contribution < -0.4 is 5.32 Å². The third-order valence-corrected chi connectivity index (χ3v) is 11.3. The van der Waals surface area contributed by atoms with Crippen LogP contribution in [0.4, 0.5) is 0 Å². The van der Waals surface area contributed by atoms with E-state index in [2.05, 4.69) is 86.8 Å². The number of allylic oxidation sites excluding steroid dienone is 11. The SMILES string of the molecule is CC/C=C\C/C=C\C/C=C\C/C=C\C/C=C\CC(CC(=O)NC(CO)C(O)CCCCCCCCCCCCCCCCC)OC(=O)CCCCCCC/C=C\CCCCC. The number of carbonyl (C=O) groups is 2. The quantitative estimate of drug-likeness (QED) is 0.0322. The number of hydrogen-bond acceptors (Lipinski definition) is 5. The minimum atomic E-state index is -0.815. The van der Waals surface area contributed by atoms with Gasteiger partial charge in [-0.05, 0) is 70.6 Å². The van der Waals surface area contributed by atoms with Crippen molar-refractivity contribution < 1.29 is 24.5 Å². The van der Waals surface area contributed by atoms with Crippen molar-refractivity contribution in [1.29, 1.82) is 0 Å². The first-order valence-electron chi connectivity index (χ1n) is 25.7. The Kier molecular flexibility index (Phi) is 46.2. The molecule has 0 aliphatic carbocycles. The molecule has 6 heteroatoms. The standard InChI is InChI=1S/C55H97NO5/c1-4-7-10-13-16-19-22-25-27-29-31-34-37-40-43-46-51(61-55(60)48-45-42-39-36-33-24-21-18-15-12-9-6-3)49-54(59)56-52(50-57)53(58)47-44-41-38-35-32-30-28-26-23-20-17-14-11-8-5-2/h7,10,16,18-19,21,25,27,31,34,40,43,51-53,57-58H,4-6,8-9,11-15,17,20,22-24,26,28-30,32-33,35-39,41-42,44-50H2,1-3H3,(H,56,59)/b10-7-,19-16-,21-18-,27-25-,34-31-,43-40-. The first-order valence-corrected chi connectivity index (χ1v) is 25.7. The van der Waals surface area contributed by atoms with E-state index in [1.54, 1.807) is 0 Å². The smallest absolute Gasteiger partial charge is 0.306 e. The van der Waals surface area contributed by atoms with Gasteiger partial charge >= 0.3 is 5.97 Å². The van der Waals surface area contributed by atoms with Crippen molar-refractivity contribution in [3.05, 3.63) is 72.9 Å². The Balaban J connectivity index is 4.70. The molecule has 0 spiro atoms. The maximum Gasteiger partial charge on any atom is 0.306 e. The normalized spacial score (nSPS) is 13.9. The third kappa shape index (κ3) is 43.7. The zero-order valence-electron chi connectivity index (χ0n) is 40.0. The molecule has 0 aliphatic rings. The van der Waals surface area contributed by atoms with Crippen LogP contribution in [0.3, 0.4) is 0 Å². The first-order chi connectivity index (χ1) is 30.0. The minimum absolute atomic E-state index is 0.00576. The lowest BCUT2D eigenvalue weighted by molar-refractivity contribution is -0.150. The molecule has 0 radical (unpaired) electrons. The molecule has 61 heavy (non-hydrogen) atoms. The summed E-state index contributed by atoms with van der Waals surface area (Å²) in [6.45, 7) is 6.32. The lowest BCUT2D eigenvalue weighted by Crippen LogP contribution is -2.46. The molecule has 0 aromatic carbocycles. The number of ether oxygens (including phenoxy) is 1. The van der Waals surface area contributed by atoms with Crippen molar-refractivity contribution in [2.75, 3.05) is 6.61 Å². The summed E-state index contributed by atoms with van der Waals surface area (Å²) in [5.74, 6) is -0.591. The molecule has 0 heterocycles. The van der Waals surface area contributed by atoms with E-state index in [1.807, 2.05) is 12.2 Å². The fraction of sp³-hybridized carbons (Fsp3) is 0.745. The number of esters is 1. The van der Waals surface area contributed by atoms with Gasteiger partial charge in [-0.3, -0.25) is 9.59 Å². The molecule has 3 unspecified atom stereocenters. The lowest BCUT2D eigenvalue weighted by Gasteiger charge is -2.24. The van der Waals surface area contributed by atoms with Gasteiger partial charge in [-0.1, -0.05) is 222 Å². The van der Waals surface area contributed by atoms with Crippen LogP contribution in [0, 0.1) is 0 Å². The van der Waals surface area contributed by atoms with Gasteiger partial charge in [0, 0.05) is 12.8 Å². The Bertz CT molecular complexity index is 1140. The zero-order chi connectivity index (χ0) is 44.5. The largest absolute Gasteiger partial charge is 0.461 e. The molecule has 3 atom stereocenters. The summed E-state index contributed by atoms with van der Waals surface area (Å²) in [7, 11) is 0. The summed E-state index contributed by atoms with van der Waals surface area (Å²) < 4.78 is 5.85. The van der Waals surface area contributed by atoms with Gasteiger partial charge in [0.15, 0.2) is 0 Å². The molecule has 0 bridgehead atoms. The number of hydrogen-bond donors (Lipinski definition) is 3. The number of rotatable bonds is 45. The van der Waals surface area contributed by atoms with Gasteiger partial charge in [-0.15, -0.1) is 0 Å². The van der Waals surface area contributed by atoms with E-state index >= 15 is 0 Å². The molecule has 0 fully saturated rings. The van der Waals surface area contributed by atoms with Crippen LogP contribution in [0.15, 0.2) is 72.9 Å². The summed E-state index contributed by atoms with van der Waals surface area (Å²) in [4.78, 5) is 26.1. The Morgan fingerprint density at radius 1 is 0.508 bits per heavy atom. The number of aliphatic hydroxyl groups is 2. The summed E-state index contributed by atoms with van der Waals surface area (Å²) in [6, 6.07) is -0.735. The molecule has 0 saturated carbocycles. The van der Waals surface area contributed by atoms with E-state index in [4.69, 9.17) is 4.74 Å². The highest BCUT2D eigenvalue weighted by Gasteiger charge is 2.23. The molecule has 0 rings (SSSR count). The maximum atomic E-state index is 13.2. The average Bonchev–Trinajstić information content (AvgIpc) is 3.25. The van der Waals surface area contributed by atoms with Crippen LogP contribution in [0.5, 0.6) is 0 Å². The van der Waals surface area contributed by atoms with Gasteiger partial charge in [0.05, 0.1) is 25.2 Å². The number of carbonyl (C=O) groups excluding carboxylic acids is 2. The van der Waals surface area contributed by atoms with Crippen molar-refractivity contribution in [2.24, 2.45) is 0 Å². The Morgan fingerprint density at radius 2 is 0.918 bits per heavy atom. The monoisotopic (exact) mass is 852 g/mol. The number of amides is 1. The minimum Gasteiger partial charge on any atom is -0.461 e. The van der Waals surface area contributed by atoms with Crippen LogP contribution in [0.25, 0.3) is 0 Å². The molecule has 6 nitrogen and oxygen atoms in total. The maximum absolute atomic E-state index is 13.2. The number of unbranched alkanes of at least 4 members (excludes halogenated alkanes) is 22. The van der Waals surface area contributed by atoms with Gasteiger partial charge < -0.3 is 20.3 Å². The van der Waals surface area contributed by atoms with Gasteiger partial charge in [0.2, 0.25) is 5.91 Å². The van der Waals surface area contributed by atoms with Gasteiger partial charge in [-0.2, -0.15) is 0 Å². The highest BCUT2D eigenvalue weighted by molar-refractivity contribution is 5.77. The Labute approximate surface area is 377 Å². The van der Waals surface area contributed by atoms with Crippen molar-refractivity contribution in [3.63, 3.8) is 0 Å². The molecule has 0 aromatic heterocycles. The van der Waals surface area contributed by atoms with E-state index < -0.39 is 18.2 Å². The number of nitrogens with one attached hydrogen (secondary N) is 1. The van der Waals surface area contributed by atoms with E-state index in [1.165, 1.54) is 116 Å². The van der Waals surface area contributed by atoms with E-state index in [9.17, 15) is 19.8 Å². The highest BCUT2D eigenvalue weighted by Crippen LogP contribution is 2.16. The number of aliphatic hydroxyl groups excluding tert-OH is 2. The Hall–Kier alpha value is -2.70. The van der Waals surface area contributed by atoms with Crippen LogP contribution in [0.2, 0.25) is 0 Å². The van der Waals surface area contributed by atoms with E-state index in [0.29, 0.717) is 19.3 Å². The molecular weight excluding hydrogens is 755 g/mol. The predicted molar refractivity (Wildman–Crippen MR) is 264 cm³/mol. The van der Waals surface area contributed by atoms with Crippen molar-refractivity contribution in [2.45, 2.75) is 257 Å². The average molecular weight is 852 g/mol. The fourth-order valence-electron chi connectivity index (χ4n) is 7.39. The summed E-state index contributed by atoms with van der Waals surface area (Å²) in [6.07, 6.45) is 61.2. The summed E-state index contributed by atoms with van der Waals surface area (Å²) >= 11 is 0. The summed E-state index contributed by atoms with van der Waals surface area (Å²) in [5.41, 5.74) is 0. The fourth-order valence-corrected chi connectivity index (χ4v) is 7.39. The lowest BCUT2D eigenvalue weighted by atomic mass is 10.0. The van der Waals surface area contributed by atoms with Gasteiger partial charge in [0.25, 0.3) is 0 Å². The molecule has 3 N–H and O–H groups in total. The molecular formula is C55H97NO5. The molecule has 352 valence electrons. The van der Waals surface area contributed by atoms with Crippen LogP contribution >= 0.6 is 0 Å². The highest BCUT2D eigenvalue weighted by atomic mass is 16.5. The Morgan fingerprint density at radius 3 is 1.41 bits per heavy atom. The molecule has 1 amide bonds. The van der Waals surface area contributed by atoms with Crippen LogP contribution in [0.1, 0.15) is 239 Å². The van der Waals surface area contributed by atoms with Crippen LogP contribution in [-0.2, 0) is 14.3 Å². The first kappa shape index (κ1) is 58.3. The topological polar surface area (TPSA) is 95.9 Å².